The lowest BCUT2D eigenvalue weighted by Crippen LogP contribution is -2.33. The summed E-state index contributed by atoms with van der Waals surface area (Å²) in [5, 5.41) is 3.52. The Hall–Kier alpha value is -1.06. The van der Waals surface area contributed by atoms with E-state index in [4.69, 9.17) is 0 Å². The molecule has 1 fully saturated rings. The number of anilines is 1. The lowest BCUT2D eigenvalue weighted by molar-refractivity contribution is 0.273. The molecule has 0 radical (unpaired) electrons. The summed E-state index contributed by atoms with van der Waals surface area (Å²) in [7, 11) is 2.18. The molecule has 3 heteroatoms. The Morgan fingerprint density at radius 1 is 1.15 bits per heavy atom. The zero-order valence-electron chi connectivity index (χ0n) is 13.2. The van der Waals surface area contributed by atoms with E-state index in [-0.39, 0.29) is 0 Å². The molecule has 1 heterocycles. The van der Waals surface area contributed by atoms with Gasteiger partial charge in [-0.25, -0.2) is 0 Å². The molecule has 0 bridgehead atoms. The summed E-state index contributed by atoms with van der Waals surface area (Å²) in [6.45, 7) is 10.0. The molecule has 0 spiro atoms. The number of rotatable bonds is 7. The second-order valence-corrected chi connectivity index (χ2v) is 6.11. The van der Waals surface area contributed by atoms with Crippen molar-refractivity contribution >= 4 is 5.69 Å². The Balaban J connectivity index is 1.71. The highest BCUT2D eigenvalue weighted by atomic mass is 15.1. The third-order valence-corrected chi connectivity index (χ3v) is 4.26. The molecule has 0 aromatic heterocycles. The molecule has 0 aliphatic carbocycles. The maximum absolute atomic E-state index is 3.52. The van der Waals surface area contributed by atoms with Crippen molar-refractivity contribution in [1.82, 2.24) is 10.2 Å². The van der Waals surface area contributed by atoms with Gasteiger partial charge in [-0.05, 0) is 51.4 Å². The first-order valence-electron chi connectivity index (χ1n) is 7.91. The quantitative estimate of drug-likeness (QED) is 0.772. The van der Waals surface area contributed by atoms with E-state index in [9.17, 15) is 0 Å². The van der Waals surface area contributed by atoms with E-state index in [1.165, 1.54) is 37.2 Å². The minimum absolute atomic E-state index is 0.622. The van der Waals surface area contributed by atoms with Crippen LogP contribution in [-0.2, 0) is 6.54 Å². The molecule has 1 aliphatic heterocycles. The van der Waals surface area contributed by atoms with Gasteiger partial charge in [-0.3, -0.25) is 0 Å². The molecular weight excluding hydrogens is 246 g/mol. The molecule has 2 rings (SSSR count). The van der Waals surface area contributed by atoms with Crippen molar-refractivity contribution in [2.45, 2.75) is 39.3 Å². The summed E-state index contributed by atoms with van der Waals surface area (Å²) in [6, 6.07) is 9.67. The van der Waals surface area contributed by atoms with Gasteiger partial charge in [0.05, 0.1) is 0 Å². The van der Waals surface area contributed by atoms with Crippen molar-refractivity contribution in [3.8, 4) is 0 Å². The van der Waals surface area contributed by atoms with Gasteiger partial charge in [0.25, 0.3) is 0 Å². The zero-order valence-corrected chi connectivity index (χ0v) is 13.2. The van der Waals surface area contributed by atoms with Crippen LogP contribution in [-0.4, -0.2) is 44.2 Å². The minimum Gasteiger partial charge on any atom is -0.372 e. The predicted molar refractivity (Wildman–Crippen MR) is 87.4 cm³/mol. The van der Waals surface area contributed by atoms with Gasteiger partial charge in [0, 0.05) is 44.5 Å². The molecular formula is C17H29N3. The fourth-order valence-corrected chi connectivity index (χ4v) is 2.55. The Bertz CT molecular complexity index is 380. The number of benzene rings is 1. The lowest BCUT2D eigenvalue weighted by atomic mass is 10.2. The molecule has 112 valence electrons. The molecule has 1 aliphatic rings. The largest absolute Gasteiger partial charge is 0.372 e. The number of hydrogen-bond donors (Lipinski definition) is 1. The predicted octanol–water partition coefficient (Wildman–Crippen LogP) is 2.72. The molecule has 1 aromatic rings. The van der Waals surface area contributed by atoms with Crippen LogP contribution in [0.5, 0.6) is 0 Å². The van der Waals surface area contributed by atoms with Crippen LogP contribution in [0.1, 0.15) is 32.3 Å². The summed E-state index contributed by atoms with van der Waals surface area (Å²) in [4.78, 5) is 4.85. The highest BCUT2D eigenvalue weighted by molar-refractivity contribution is 5.48. The SMILES string of the molecule is CC(C)N(C)CCNCc1ccc(N2CCCC2)cc1. The van der Waals surface area contributed by atoms with Crippen molar-refractivity contribution in [1.29, 1.82) is 0 Å². The Labute approximate surface area is 124 Å². The highest BCUT2D eigenvalue weighted by Crippen LogP contribution is 2.20. The number of likely N-dealkylation sites (N-methyl/N-ethyl adjacent to an activating group) is 1. The molecule has 0 unspecified atom stereocenters. The van der Waals surface area contributed by atoms with Crippen molar-refractivity contribution in [3.63, 3.8) is 0 Å². The monoisotopic (exact) mass is 275 g/mol. The van der Waals surface area contributed by atoms with Crippen LogP contribution in [0.25, 0.3) is 0 Å². The first kappa shape index (κ1) is 15.3. The van der Waals surface area contributed by atoms with Crippen LogP contribution in [0.4, 0.5) is 5.69 Å². The fraction of sp³-hybridized carbons (Fsp3) is 0.647. The molecule has 3 nitrogen and oxygen atoms in total. The van der Waals surface area contributed by atoms with Crippen LogP contribution in [0, 0.1) is 0 Å². The normalized spacial score (nSPS) is 15.6. The van der Waals surface area contributed by atoms with Crippen molar-refractivity contribution in [3.05, 3.63) is 29.8 Å². The first-order valence-corrected chi connectivity index (χ1v) is 7.91. The van der Waals surface area contributed by atoms with E-state index < -0.39 is 0 Å². The maximum Gasteiger partial charge on any atom is 0.0366 e. The van der Waals surface area contributed by atoms with Crippen LogP contribution < -0.4 is 10.2 Å². The molecule has 1 aromatic carbocycles. The minimum atomic E-state index is 0.622. The second-order valence-electron chi connectivity index (χ2n) is 6.11. The first-order chi connectivity index (χ1) is 9.66. The Kier molecular flexibility index (Phi) is 5.86. The van der Waals surface area contributed by atoms with E-state index in [0.29, 0.717) is 6.04 Å². The number of hydrogen-bond acceptors (Lipinski definition) is 3. The zero-order chi connectivity index (χ0) is 14.4. The van der Waals surface area contributed by atoms with E-state index in [1.54, 1.807) is 0 Å². The molecule has 0 amide bonds. The van der Waals surface area contributed by atoms with Gasteiger partial charge in [0.2, 0.25) is 0 Å². The van der Waals surface area contributed by atoms with Gasteiger partial charge in [-0.2, -0.15) is 0 Å². The third kappa shape index (κ3) is 4.50. The summed E-state index contributed by atoms with van der Waals surface area (Å²) in [5.41, 5.74) is 2.76. The molecule has 0 saturated carbocycles. The molecule has 0 atom stereocenters. The van der Waals surface area contributed by atoms with Crippen LogP contribution in [0.2, 0.25) is 0 Å². The average Bonchev–Trinajstić information content (AvgIpc) is 2.98. The summed E-state index contributed by atoms with van der Waals surface area (Å²) in [5.74, 6) is 0. The maximum atomic E-state index is 3.52. The van der Waals surface area contributed by atoms with Gasteiger partial charge in [0.15, 0.2) is 0 Å². The Morgan fingerprint density at radius 2 is 1.80 bits per heavy atom. The highest BCUT2D eigenvalue weighted by Gasteiger charge is 2.11. The van der Waals surface area contributed by atoms with E-state index >= 15 is 0 Å². The second kappa shape index (κ2) is 7.65. The van der Waals surface area contributed by atoms with Gasteiger partial charge >= 0.3 is 0 Å². The summed E-state index contributed by atoms with van der Waals surface area (Å²) >= 11 is 0. The third-order valence-electron chi connectivity index (χ3n) is 4.26. The van der Waals surface area contributed by atoms with Crippen LogP contribution >= 0.6 is 0 Å². The standard InChI is InChI=1S/C17H29N3/c1-15(2)19(3)13-10-18-14-16-6-8-17(9-7-16)20-11-4-5-12-20/h6-9,15,18H,4-5,10-14H2,1-3H3. The van der Waals surface area contributed by atoms with Gasteiger partial charge in [0.1, 0.15) is 0 Å². The molecule has 1 N–H and O–H groups in total. The average molecular weight is 275 g/mol. The fourth-order valence-electron chi connectivity index (χ4n) is 2.55. The van der Waals surface area contributed by atoms with Crippen molar-refractivity contribution in [2.75, 3.05) is 38.1 Å². The van der Waals surface area contributed by atoms with E-state index in [1.807, 2.05) is 0 Å². The molecule has 1 saturated heterocycles. The molecule has 20 heavy (non-hydrogen) atoms. The Morgan fingerprint density at radius 3 is 2.40 bits per heavy atom. The van der Waals surface area contributed by atoms with Crippen LogP contribution in [0.3, 0.4) is 0 Å². The van der Waals surface area contributed by atoms with Crippen molar-refractivity contribution in [2.24, 2.45) is 0 Å². The lowest BCUT2D eigenvalue weighted by Gasteiger charge is -2.21. The van der Waals surface area contributed by atoms with E-state index in [2.05, 4.69) is 60.3 Å². The number of nitrogens with one attached hydrogen (secondary N) is 1. The van der Waals surface area contributed by atoms with E-state index in [0.717, 1.165) is 19.6 Å². The van der Waals surface area contributed by atoms with Gasteiger partial charge in [-0.1, -0.05) is 12.1 Å². The number of nitrogens with zero attached hydrogens (tertiary/aromatic N) is 2. The van der Waals surface area contributed by atoms with Gasteiger partial charge < -0.3 is 15.1 Å². The smallest absolute Gasteiger partial charge is 0.0366 e. The topological polar surface area (TPSA) is 18.5 Å². The van der Waals surface area contributed by atoms with Crippen LogP contribution in [0.15, 0.2) is 24.3 Å². The summed E-state index contributed by atoms with van der Waals surface area (Å²) < 4.78 is 0. The summed E-state index contributed by atoms with van der Waals surface area (Å²) in [6.07, 6.45) is 2.68. The van der Waals surface area contributed by atoms with Gasteiger partial charge in [-0.15, -0.1) is 0 Å². The van der Waals surface area contributed by atoms with Crippen molar-refractivity contribution < 1.29 is 0 Å².